The molecule has 2 N–H and O–H groups in total. The topological polar surface area (TPSA) is 107 Å². The summed E-state index contributed by atoms with van der Waals surface area (Å²) < 4.78 is 0. The van der Waals surface area contributed by atoms with Crippen molar-refractivity contribution in [1.29, 1.82) is 0 Å². The number of carbonyl (C=O) groups is 4. The molecule has 1 heterocycles. The van der Waals surface area contributed by atoms with E-state index in [-0.39, 0.29) is 18.7 Å². The zero-order valence-corrected chi connectivity index (χ0v) is 20.1. The number of amides is 3. The van der Waals surface area contributed by atoms with Crippen LogP contribution in [-0.4, -0.2) is 52.8 Å². The van der Waals surface area contributed by atoms with Gasteiger partial charge in [-0.05, 0) is 49.2 Å². The van der Waals surface area contributed by atoms with Crippen LogP contribution in [0.1, 0.15) is 20.3 Å². The van der Waals surface area contributed by atoms with Crippen molar-refractivity contribution in [3.05, 3.63) is 64.3 Å². The fraction of sp³-hybridized carbons (Fsp3) is 0.250. The number of rotatable bonds is 7. The number of aliphatic carboxylic acids is 1. The smallest absolute Gasteiger partial charge is 0.323 e. The molecule has 0 bridgehead atoms. The predicted molar refractivity (Wildman–Crippen MR) is 130 cm³/mol. The molecule has 2 aromatic carbocycles. The highest BCUT2D eigenvalue weighted by Crippen LogP contribution is 2.32. The highest BCUT2D eigenvalue weighted by molar-refractivity contribution is 6.42. The van der Waals surface area contributed by atoms with Crippen molar-refractivity contribution in [3.8, 4) is 11.1 Å². The number of nitrogens with one attached hydrogen (secondary N) is 1. The molecule has 0 radical (unpaired) electrons. The molecule has 1 unspecified atom stereocenters. The summed E-state index contributed by atoms with van der Waals surface area (Å²) in [5, 5.41) is 12.2. The van der Waals surface area contributed by atoms with E-state index in [1.165, 1.54) is 11.1 Å². The summed E-state index contributed by atoms with van der Waals surface area (Å²) in [5.41, 5.74) is 2.01. The van der Waals surface area contributed by atoms with Crippen molar-refractivity contribution in [2.75, 3.05) is 18.0 Å². The Morgan fingerprint density at radius 2 is 1.79 bits per heavy atom. The number of anilines is 1. The van der Waals surface area contributed by atoms with Crippen LogP contribution in [0.25, 0.3) is 11.1 Å². The maximum Gasteiger partial charge on any atom is 0.323 e. The number of urea groups is 1. The van der Waals surface area contributed by atoms with Crippen molar-refractivity contribution in [3.63, 3.8) is 0 Å². The summed E-state index contributed by atoms with van der Waals surface area (Å²) in [5.74, 6) is -2.15. The highest BCUT2D eigenvalue weighted by Gasteiger charge is 2.42. The van der Waals surface area contributed by atoms with Gasteiger partial charge >= 0.3 is 12.0 Å². The monoisotopic (exact) mass is 503 g/mol. The molecule has 2 aromatic rings. The molecular formula is C24H23Cl2N3O5. The second-order valence-corrected chi connectivity index (χ2v) is 8.44. The lowest BCUT2D eigenvalue weighted by Gasteiger charge is -2.35. The summed E-state index contributed by atoms with van der Waals surface area (Å²) in [6.45, 7) is 3.49. The predicted octanol–water partition coefficient (Wildman–Crippen LogP) is 4.35. The maximum atomic E-state index is 13.2. The van der Waals surface area contributed by atoms with Crippen LogP contribution in [0.4, 0.5) is 10.5 Å². The molecule has 0 aromatic heterocycles. The SMILES string of the molecule is CCN1C=C(C)C(=O)C(N(C(=O)NCCC(=O)O)c2cccc(-c3ccc(Cl)c(Cl)c3)c2)C1=O. The van der Waals surface area contributed by atoms with Gasteiger partial charge in [-0.3, -0.25) is 19.3 Å². The maximum absolute atomic E-state index is 13.2. The first-order valence-electron chi connectivity index (χ1n) is 10.5. The van der Waals surface area contributed by atoms with Crippen LogP contribution >= 0.6 is 23.2 Å². The Balaban J connectivity index is 2.07. The van der Waals surface area contributed by atoms with E-state index in [4.69, 9.17) is 28.3 Å². The van der Waals surface area contributed by atoms with Gasteiger partial charge in [-0.1, -0.05) is 41.4 Å². The fourth-order valence-electron chi connectivity index (χ4n) is 3.58. The van der Waals surface area contributed by atoms with E-state index < -0.39 is 29.7 Å². The molecule has 0 saturated carbocycles. The molecule has 1 aliphatic heterocycles. The molecule has 178 valence electrons. The quantitative estimate of drug-likeness (QED) is 0.546. The molecule has 3 rings (SSSR count). The number of halogens is 2. The molecule has 10 heteroatoms. The van der Waals surface area contributed by atoms with Gasteiger partial charge in [0.1, 0.15) is 0 Å². The van der Waals surface area contributed by atoms with Crippen LogP contribution < -0.4 is 10.2 Å². The first kappa shape index (κ1) is 25.3. The van der Waals surface area contributed by atoms with E-state index in [0.29, 0.717) is 27.7 Å². The summed E-state index contributed by atoms with van der Waals surface area (Å²) in [4.78, 5) is 52.8. The molecule has 8 nitrogen and oxygen atoms in total. The number of hydrogen-bond donors (Lipinski definition) is 2. The first-order valence-corrected chi connectivity index (χ1v) is 11.3. The van der Waals surface area contributed by atoms with E-state index >= 15 is 0 Å². The van der Waals surface area contributed by atoms with Gasteiger partial charge in [0.2, 0.25) is 0 Å². The fourth-order valence-corrected chi connectivity index (χ4v) is 3.87. The third kappa shape index (κ3) is 5.40. The Labute approximate surface area is 206 Å². The van der Waals surface area contributed by atoms with Crippen molar-refractivity contribution in [2.45, 2.75) is 26.3 Å². The standard InChI is InChI=1S/C24H23Cl2N3O5/c1-3-28-13-14(2)22(32)21(23(28)33)29(24(34)27-10-9-20(30)31)17-6-4-5-15(11-17)16-7-8-18(25)19(26)12-16/h4-8,11-13,21H,3,9-10H2,1-2H3,(H,27,34)(H,30,31). The second-order valence-electron chi connectivity index (χ2n) is 7.63. The molecule has 0 spiro atoms. The molecular weight excluding hydrogens is 481 g/mol. The Morgan fingerprint density at radius 3 is 2.44 bits per heavy atom. The van der Waals surface area contributed by atoms with Gasteiger partial charge in [-0.2, -0.15) is 0 Å². The minimum Gasteiger partial charge on any atom is -0.481 e. The number of carboxylic acid groups (broad SMARTS) is 1. The van der Waals surface area contributed by atoms with Gasteiger partial charge in [0.15, 0.2) is 11.8 Å². The lowest BCUT2D eigenvalue weighted by atomic mass is 9.98. The molecule has 34 heavy (non-hydrogen) atoms. The average Bonchev–Trinajstić information content (AvgIpc) is 2.80. The Morgan fingerprint density at radius 1 is 1.09 bits per heavy atom. The number of benzene rings is 2. The zero-order chi connectivity index (χ0) is 25.0. The molecule has 1 atom stereocenters. The third-order valence-electron chi connectivity index (χ3n) is 5.31. The van der Waals surface area contributed by atoms with Gasteiger partial charge in [0, 0.05) is 30.5 Å². The number of ketones is 1. The van der Waals surface area contributed by atoms with Crippen LogP contribution in [0.5, 0.6) is 0 Å². The van der Waals surface area contributed by atoms with E-state index in [9.17, 15) is 19.2 Å². The van der Waals surface area contributed by atoms with Gasteiger partial charge in [0.05, 0.1) is 16.5 Å². The van der Waals surface area contributed by atoms with E-state index in [0.717, 1.165) is 10.5 Å². The van der Waals surface area contributed by atoms with Crippen LogP contribution in [0, 0.1) is 0 Å². The normalized spacial score (nSPS) is 15.7. The summed E-state index contributed by atoms with van der Waals surface area (Å²) in [7, 11) is 0. The van der Waals surface area contributed by atoms with Crippen molar-refractivity contribution < 1.29 is 24.3 Å². The van der Waals surface area contributed by atoms with Crippen molar-refractivity contribution in [2.24, 2.45) is 0 Å². The van der Waals surface area contributed by atoms with Crippen LogP contribution in [0.15, 0.2) is 54.2 Å². The number of carboxylic acids is 1. The average molecular weight is 504 g/mol. The summed E-state index contributed by atoms with van der Waals surface area (Å²) >= 11 is 12.2. The summed E-state index contributed by atoms with van der Waals surface area (Å²) in [6, 6.07) is 9.60. The molecule has 0 saturated heterocycles. The van der Waals surface area contributed by atoms with Crippen molar-refractivity contribution >= 4 is 52.6 Å². The van der Waals surface area contributed by atoms with Gasteiger partial charge < -0.3 is 15.3 Å². The van der Waals surface area contributed by atoms with Crippen molar-refractivity contribution in [1.82, 2.24) is 10.2 Å². The zero-order valence-electron chi connectivity index (χ0n) is 18.5. The lowest BCUT2D eigenvalue weighted by molar-refractivity contribution is -0.137. The van der Waals surface area contributed by atoms with Crippen LogP contribution in [-0.2, 0) is 14.4 Å². The molecule has 0 aliphatic carbocycles. The highest BCUT2D eigenvalue weighted by atomic mass is 35.5. The number of Topliss-reactive ketones (excluding diaryl/α,β-unsaturated/α-hetero) is 1. The molecule has 0 fully saturated rings. The third-order valence-corrected chi connectivity index (χ3v) is 6.05. The second kappa shape index (κ2) is 10.7. The summed E-state index contributed by atoms with van der Waals surface area (Å²) in [6.07, 6.45) is 1.16. The van der Waals surface area contributed by atoms with E-state index in [2.05, 4.69) is 5.32 Å². The van der Waals surface area contributed by atoms with Gasteiger partial charge in [0.25, 0.3) is 5.91 Å². The largest absolute Gasteiger partial charge is 0.481 e. The minimum atomic E-state index is -1.43. The van der Waals surface area contributed by atoms with E-state index in [1.807, 2.05) is 0 Å². The lowest BCUT2D eigenvalue weighted by Crippen LogP contribution is -2.59. The number of likely N-dealkylation sites (N-methyl/N-ethyl adjacent to an activating group) is 1. The molecule has 1 aliphatic rings. The minimum absolute atomic E-state index is 0.168. The number of nitrogens with zero attached hydrogens (tertiary/aromatic N) is 2. The van der Waals surface area contributed by atoms with E-state index in [1.54, 1.807) is 56.3 Å². The first-order chi connectivity index (χ1) is 16.1. The Bertz CT molecular complexity index is 1180. The number of carbonyl (C=O) groups excluding carboxylic acids is 3. The number of hydrogen-bond acceptors (Lipinski definition) is 4. The van der Waals surface area contributed by atoms with Crippen LogP contribution in [0.2, 0.25) is 10.0 Å². The Hall–Kier alpha value is -3.36. The van der Waals surface area contributed by atoms with Gasteiger partial charge in [-0.25, -0.2) is 4.79 Å². The van der Waals surface area contributed by atoms with Gasteiger partial charge in [-0.15, -0.1) is 0 Å². The van der Waals surface area contributed by atoms with Crippen LogP contribution in [0.3, 0.4) is 0 Å². The molecule has 3 amide bonds. The Kier molecular flexibility index (Phi) is 7.96.